The van der Waals surface area contributed by atoms with E-state index >= 15 is 0 Å². The van der Waals surface area contributed by atoms with E-state index in [0.717, 1.165) is 11.1 Å². The predicted octanol–water partition coefficient (Wildman–Crippen LogP) is 0.986. The van der Waals surface area contributed by atoms with E-state index in [-0.39, 0.29) is 30.1 Å². The Labute approximate surface area is 119 Å². The van der Waals surface area contributed by atoms with Crippen molar-refractivity contribution in [2.24, 2.45) is 0 Å². The van der Waals surface area contributed by atoms with E-state index in [0.29, 0.717) is 12.2 Å². The molecule has 1 unspecified atom stereocenters. The number of nitrogens with one attached hydrogen (secondary N) is 1. The van der Waals surface area contributed by atoms with Crippen LogP contribution in [0.25, 0.3) is 0 Å². The van der Waals surface area contributed by atoms with Crippen molar-refractivity contribution in [3.05, 3.63) is 29.3 Å². The van der Waals surface area contributed by atoms with Crippen LogP contribution in [0.15, 0.2) is 18.2 Å². The molecular formula is C14H19NO4S. The molecule has 1 aromatic carbocycles. The summed E-state index contributed by atoms with van der Waals surface area (Å²) in [4.78, 5) is 11.7. The summed E-state index contributed by atoms with van der Waals surface area (Å²) in [6.45, 7) is 3.89. The van der Waals surface area contributed by atoms with Gasteiger partial charge in [0, 0.05) is 6.04 Å². The number of rotatable bonds is 4. The lowest BCUT2D eigenvalue weighted by Gasteiger charge is -2.12. The van der Waals surface area contributed by atoms with Gasteiger partial charge in [-0.15, -0.1) is 0 Å². The molecule has 0 aromatic heterocycles. The lowest BCUT2D eigenvalue weighted by molar-refractivity contribution is -0.123. The van der Waals surface area contributed by atoms with Crippen LogP contribution in [0.3, 0.4) is 0 Å². The van der Waals surface area contributed by atoms with E-state index in [4.69, 9.17) is 4.74 Å². The Bertz CT molecular complexity index is 610. The maximum Gasteiger partial charge on any atom is 0.258 e. The Morgan fingerprint density at radius 2 is 2.10 bits per heavy atom. The highest BCUT2D eigenvalue weighted by atomic mass is 32.2. The van der Waals surface area contributed by atoms with Crippen molar-refractivity contribution in [1.29, 1.82) is 0 Å². The molecule has 1 saturated heterocycles. The zero-order valence-corrected chi connectivity index (χ0v) is 12.5. The molecule has 1 aromatic rings. The van der Waals surface area contributed by atoms with Crippen LogP contribution >= 0.6 is 0 Å². The summed E-state index contributed by atoms with van der Waals surface area (Å²) in [6.07, 6.45) is 0.484. The van der Waals surface area contributed by atoms with Gasteiger partial charge < -0.3 is 10.1 Å². The molecule has 110 valence electrons. The normalized spacial score (nSPS) is 20.6. The number of amides is 1. The first-order valence-corrected chi connectivity index (χ1v) is 8.38. The second-order valence-corrected chi connectivity index (χ2v) is 7.43. The zero-order chi connectivity index (χ0) is 14.8. The maximum atomic E-state index is 11.7. The minimum atomic E-state index is -2.97. The van der Waals surface area contributed by atoms with Gasteiger partial charge in [-0.25, -0.2) is 8.42 Å². The highest BCUT2D eigenvalue weighted by molar-refractivity contribution is 7.91. The average molecular weight is 297 g/mol. The molecule has 1 aliphatic heterocycles. The van der Waals surface area contributed by atoms with E-state index < -0.39 is 9.84 Å². The molecule has 20 heavy (non-hydrogen) atoms. The van der Waals surface area contributed by atoms with Crippen molar-refractivity contribution in [2.75, 3.05) is 18.1 Å². The molecule has 5 nitrogen and oxygen atoms in total. The Balaban J connectivity index is 1.82. The SMILES string of the molecule is Cc1ccc(OCC(=O)NC2CCS(=O)(=O)C2)cc1C. The number of aryl methyl sites for hydroxylation is 2. The van der Waals surface area contributed by atoms with E-state index in [9.17, 15) is 13.2 Å². The smallest absolute Gasteiger partial charge is 0.258 e. The first-order valence-electron chi connectivity index (χ1n) is 6.55. The Morgan fingerprint density at radius 3 is 2.70 bits per heavy atom. The summed E-state index contributed by atoms with van der Waals surface area (Å²) in [5, 5.41) is 2.69. The first-order chi connectivity index (χ1) is 9.35. The van der Waals surface area contributed by atoms with Gasteiger partial charge in [-0.2, -0.15) is 0 Å². The minimum absolute atomic E-state index is 0.0301. The fourth-order valence-corrected chi connectivity index (χ4v) is 3.80. The van der Waals surface area contributed by atoms with Gasteiger partial charge in [0.15, 0.2) is 16.4 Å². The van der Waals surface area contributed by atoms with Crippen molar-refractivity contribution < 1.29 is 17.9 Å². The molecule has 0 aliphatic carbocycles. The van der Waals surface area contributed by atoms with Crippen molar-refractivity contribution in [3.8, 4) is 5.75 Å². The predicted molar refractivity (Wildman–Crippen MR) is 76.6 cm³/mol. The van der Waals surface area contributed by atoms with Crippen molar-refractivity contribution in [3.63, 3.8) is 0 Å². The second kappa shape index (κ2) is 5.83. The molecule has 1 fully saturated rings. The Kier molecular flexibility index (Phi) is 4.32. The number of benzene rings is 1. The Morgan fingerprint density at radius 1 is 1.35 bits per heavy atom. The summed E-state index contributed by atoms with van der Waals surface area (Å²) < 4.78 is 28.0. The molecule has 2 rings (SSSR count). The van der Waals surface area contributed by atoms with Gasteiger partial charge >= 0.3 is 0 Å². The standard InChI is InChI=1S/C14H19NO4S/c1-10-3-4-13(7-11(10)2)19-8-14(16)15-12-5-6-20(17,18)9-12/h3-4,7,12H,5-6,8-9H2,1-2H3,(H,15,16). The molecule has 0 bridgehead atoms. The molecule has 0 radical (unpaired) electrons. The zero-order valence-electron chi connectivity index (χ0n) is 11.7. The van der Waals surface area contributed by atoms with Crippen LogP contribution in [-0.2, 0) is 14.6 Å². The molecule has 1 amide bonds. The average Bonchev–Trinajstić information content (AvgIpc) is 2.70. The lowest BCUT2D eigenvalue weighted by Crippen LogP contribution is -2.38. The van der Waals surface area contributed by atoms with Gasteiger partial charge in [0.2, 0.25) is 0 Å². The fraction of sp³-hybridized carbons (Fsp3) is 0.500. The second-order valence-electron chi connectivity index (χ2n) is 5.20. The fourth-order valence-electron chi connectivity index (χ4n) is 2.13. The van der Waals surface area contributed by atoms with E-state index in [2.05, 4.69) is 5.32 Å². The number of carbonyl (C=O) groups excluding carboxylic acids is 1. The maximum absolute atomic E-state index is 11.7. The van der Waals surface area contributed by atoms with Crippen LogP contribution in [0, 0.1) is 13.8 Å². The first kappa shape index (κ1) is 14.8. The van der Waals surface area contributed by atoms with Crippen LogP contribution < -0.4 is 10.1 Å². The summed E-state index contributed by atoms with van der Waals surface area (Å²) in [5.74, 6) is 0.533. The van der Waals surface area contributed by atoms with E-state index in [1.165, 1.54) is 0 Å². The van der Waals surface area contributed by atoms with Crippen LogP contribution in [0.5, 0.6) is 5.75 Å². The molecular weight excluding hydrogens is 278 g/mol. The third-order valence-corrected chi connectivity index (χ3v) is 5.21. The summed E-state index contributed by atoms with van der Waals surface area (Å²) in [7, 11) is -2.97. The van der Waals surface area contributed by atoms with Crippen LogP contribution in [0.1, 0.15) is 17.5 Å². The quantitative estimate of drug-likeness (QED) is 0.899. The van der Waals surface area contributed by atoms with Gasteiger partial charge in [0.25, 0.3) is 5.91 Å². The number of ether oxygens (including phenoxy) is 1. The number of carbonyl (C=O) groups is 1. The Hall–Kier alpha value is -1.56. The van der Waals surface area contributed by atoms with Crippen LogP contribution in [-0.4, -0.2) is 38.5 Å². The van der Waals surface area contributed by atoms with Gasteiger partial charge in [-0.1, -0.05) is 6.07 Å². The minimum Gasteiger partial charge on any atom is -0.484 e. The van der Waals surface area contributed by atoms with Crippen molar-refractivity contribution in [2.45, 2.75) is 26.3 Å². The third kappa shape index (κ3) is 3.96. The lowest BCUT2D eigenvalue weighted by atomic mass is 10.1. The van der Waals surface area contributed by atoms with E-state index in [1.807, 2.05) is 32.0 Å². The van der Waals surface area contributed by atoms with Crippen LogP contribution in [0.2, 0.25) is 0 Å². The summed E-state index contributed by atoms with van der Waals surface area (Å²) >= 11 is 0. The molecule has 1 heterocycles. The summed E-state index contributed by atoms with van der Waals surface area (Å²) in [6, 6.07) is 5.35. The highest BCUT2D eigenvalue weighted by Gasteiger charge is 2.28. The molecule has 1 aliphatic rings. The van der Waals surface area contributed by atoms with Gasteiger partial charge in [-0.05, 0) is 43.5 Å². The third-order valence-electron chi connectivity index (χ3n) is 3.45. The van der Waals surface area contributed by atoms with E-state index in [1.54, 1.807) is 0 Å². The number of sulfone groups is 1. The van der Waals surface area contributed by atoms with Crippen LogP contribution in [0.4, 0.5) is 0 Å². The van der Waals surface area contributed by atoms with Crippen molar-refractivity contribution >= 4 is 15.7 Å². The van der Waals surface area contributed by atoms with Crippen molar-refractivity contribution in [1.82, 2.24) is 5.32 Å². The number of hydrogen-bond donors (Lipinski definition) is 1. The summed E-state index contributed by atoms with van der Waals surface area (Å²) in [5.41, 5.74) is 2.27. The van der Waals surface area contributed by atoms with Gasteiger partial charge in [-0.3, -0.25) is 4.79 Å². The molecule has 0 spiro atoms. The molecule has 0 saturated carbocycles. The number of hydrogen-bond acceptors (Lipinski definition) is 4. The largest absolute Gasteiger partial charge is 0.484 e. The monoisotopic (exact) mass is 297 g/mol. The molecule has 1 atom stereocenters. The molecule has 6 heteroatoms. The molecule has 1 N–H and O–H groups in total. The topological polar surface area (TPSA) is 72.5 Å². The van der Waals surface area contributed by atoms with Gasteiger partial charge in [0.05, 0.1) is 11.5 Å². The van der Waals surface area contributed by atoms with Gasteiger partial charge in [0.1, 0.15) is 5.75 Å². The highest BCUT2D eigenvalue weighted by Crippen LogP contribution is 2.16.